The minimum absolute atomic E-state index is 0.0205. The van der Waals surface area contributed by atoms with Crippen LogP contribution in [0.5, 0.6) is 5.75 Å². The van der Waals surface area contributed by atoms with Crippen molar-refractivity contribution in [2.24, 2.45) is 10.6 Å². The molecule has 0 aliphatic carbocycles. The third-order valence-electron chi connectivity index (χ3n) is 2.25. The first-order valence-corrected chi connectivity index (χ1v) is 6.05. The first-order valence-electron chi connectivity index (χ1n) is 6.05. The minimum Gasteiger partial charge on any atom is -0.493 e. The molecule has 0 spiro atoms. The average molecular weight is 289 g/mol. The summed E-state index contributed by atoms with van der Waals surface area (Å²) in [6.07, 6.45) is -4.57. The number of alkyl halides is 3. The first kappa shape index (κ1) is 16.3. The van der Waals surface area contributed by atoms with Gasteiger partial charge < -0.3 is 9.57 Å². The molecule has 0 saturated heterocycles. The number of hydrogen-bond donors (Lipinski definition) is 0. The van der Waals surface area contributed by atoms with Crippen molar-refractivity contribution >= 4 is 5.71 Å². The lowest BCUT2D eigenvalue weighted by Gasteiger charge is -2.19. The summed E-state index contributed by atoms with van der Waals surface area (Å²) in [7, 11) is 1.08. The van der Waals surface area contributed by atoms with Crippen molar-refractivity contribution in [3.05, 3.63) is 29.8 Å². The molecule has 0 saturated carbocycles. The summed E-state index contributed by atoms with van der Waals surface area (Å²) in [5.41, 5.74) is -1.15. The Bertz CT molecular complexity index is 459. The summed E-state index contributed by atoms with van der Waals surface area (Å²) in [5, 5.41) is 3.03. The SMILES string of the molecule is CO/N=C(/c1ccc(OCC(C)(C)C)cc1)C(F)(F)F. The molecular weight excluding hydrogens is 271 g/mol. The van der Waals surface area contributed by atoms with Crippen LogP contribution < -0.4 is 4.74 Å². The second-order valence-corrected chi connectivity index (χ2v) is 5.49. The van der Waals surface area contributed by atoms with Crippen LogP contribution in [-0.4, -0.2) is 25.6 Å². The van der Waals surface area contributed by atoms with Gasteiger partial charge in [-0.25, -0.2) is 0 Å². The van der Waals surface area contributed by atoms with Crippen LogP contribution in [0.4, 0.5) is 13.2 Å². The first-order chi connectivity index (χ1) is 9.13. The molecule has 0 aromatic heterocycles. The van der Waals surface area contributed by atoms with Gasteiger partial charge in [0.05, 0.1) is 6.61 Å². The fraction of sp³-hybridized carbons (Fsp3) is 0.500. The van der Waals surface area contributed by atoms with Gasteiger partial charge in [0.15, 0.2) is 5.71 Å². The zero-order valence-corrected chi connectivity index (χ0v) is 11.9. The summed E-state index contributed by atoms with van der Waals surface area (Å²) >= 11 is 0. The molecule has 0 heterocycles. The average Bonchev–Trinajstić information content (AvgIpc) is 2.32. The Morgan fingerprint density at radius 1 is 1.10 bits per heavy atom. The normalized spacial score (nSPS) is 13.2. The molecular formula is C14H18F3NO2. The van der Waals surface area contributed by atoms with Crippen molar-refractivity contribution in [1.29, 1.82) is 0 Å². The van der Waals surface area contributed by atoms with E-state index in [4.69, 9.17) is 4.74 Å². The molecule has 0 N–H and O–H groups in total. The molecule has 112 valence electrons. The van der Waals surface area contributed by atoms with Crippen molar-refractivity contribution in [2.45, 2.75) is 26.9 Å². The second kappa shape index (κ2) is 6.15. The van der Waals surface area contributed by atoms with E-state index in [1.165, 1.54) is 24.3 Å². The highest BCUT2D eigenvalue weighted by Gasteiger charge is 2.37. The molecule has 0 aliphatic rings. The van der Waals surface area contributed by atoms with Gasteiger partial charge >= 0.3 is 6.18 Å². The van der Waals surface area contributed by atoms with Crippen LogP contribution in [0, 0.1) is 5.41 Å². The number of ether oxygens (including phenoxy) is 1. The third kappa shape index (κ3) is 5.11. The van der Waals surface area contributed by atoms with Gasteiger partial charge in [0.25, 0.3) is 0 Å². The fourth-order valence-corrected chi connectivity index (χ4v) is 1.37. The van der Waals surface area contributed by atoms with Crippen molar-refractivity contribution in [3.63, 3.8) is 0 Å². The third-order valence-corrected chi connectivity index (χ3v) is 2.25. The molecule has 0 bridgehead atoms. The van der Waals surface area contributed by atoms with E-state index < -0.39 is 11.9 Å². The van der Waals surface area contributed by atoms with Gasteiger partial charge in [-0.15, -0.1) is 0 Å². The predicted octanol–water partition coefficient (Wildman–Crippen LogP) is 4.02. The van der Waals surface area contributed by atoms with E-state index in [0.29, 0.717) is 12.4 Å². The molecule has 3 nitrogen and oxygen atoms in total. The standard InChI is InChI=1S/C14H18F3NO2/c1-13(2,3)9-20-11-7-5-10(6-8-11)12(18-19-4)14(15,16)17/h5-8H,9H2,1-4H3/b18-12-. The number of nitrogens with zero attached hydrogens (tertiary/aromatic N) is 1. The van der Waals surface area contributed by atoms with Crippen LogP contribution in [0.25, 0.3) is 0 Å². The maximum absolute atomic E-state index is 12.8. The number of halogens is 3. The van der Waals surface area contributed by atoms with Crippen LogP contribution in [0.2, 0.25) is 0 Å². The van der Waals surface area contributed by atoms with Crippen LogP contribution >= 0.6 is 0 Å². The molecule has 1 aromatic rings. The number of hydrogen-bond acceptors (Lipinski definition) is 3. The Morgan fingerprint density at radius 3 is 2.05 bits per heavy atom. The van der Waals surface area contributed by atoms with Crippen molar-refractivity contribution in [1.82, 2.24) is 0 Å². The molecule has 0 radical (unpaired) electrons. The Morgan fingerprint density at radius 2 is 1.65 bits per heavy atom. The van der Waals surface area contributed by atoms with E-state index in [1.54, 1.807) is 0 Å². The van der Waals surface area contributed by atoms with Crippen LogP contribution in [-0.2, 0) is 4.84 Å². The highest BCUT2D eigenvalue weighted by atomic mass is 19.4. The van der Waals surface area contributed by atoms with Gasteiger partial charge in [-0.2, -0.15) is 13.2 Å². The largest absolute Gasteiger partial charge is 0.493 e. The number of oxime groups is 1. The molecule has 1 rings (SSSR count). The summed E-state index contributed by atoms with van der Waals surface area (Å²) in [4.78, 5) is 4.24. The van der Waals surface area contributed by atoms with Crippen molar-refractivity contribution < 1.29 is 22.7 Å². The van der Waals surface area contributed by atoms with Gasteiger partial charge in [0.2, 0.25) is 0 Å². The molecule has 0 unspecified atom stereocenters. The van der Waals surface area contributed by atoms with E-state index in [0.717, 1.165) is 7.11 Å². The van der Waals surface area contributed by atoms with E-state index in [2.05, 4.69) is 9.99 Å². The number of rotatable bonds is 4. The minimum atomic E-state index is -4.57. The smallest absolute Gasteiger partial charge is 0.437 e. The number of benzene rings is 1. The molecule has 0 amide bonds. The Balaban J connectivity index is 2.87. The Hall–Kier alpha value is -1.72. The van der Waals surface area contributed by atoms with Gasteiger partial charge in [-0.1, -0.05) is 25.9 Å². The topological polar surface area (TPSA) is 30.8 Å². The van der Waals surface area contributed by atoms with Gasteiger partial charge in [-0.3, -0.25) is 0 Å². The lowest BCUT2D eigenvalue weighted by molar-refractivity contribution is -0.0608. The summed E-state index contributed by atoms with van der Waals surface area (Å²) in [5.74, 6) is 0.516. The highest BCUT2D eigenvalue weighted by Crippen LogP contribution is 2.25. The van der Waals surface area contributed by atoms with E-state index in [-0.39, 0.29) is 11.0 Å². The molecule has 20 heavy (non-hydrogen) atoms. The predicted molar refractivity (Wildman–Crippen MR) is 71.0 cm³/mol. The monoisotopic (exact) mass is 289 g/mol. The molecule has 6 heteroatoms. The maximum atomic E-state index is 12.8. The quantitative estimate of drug-likeness (QED) is 0.619. The summed E-state index contributed by atoms with van der Waals surface area (Å²) < 4.78 is 43.8. The van der Waals surface area contributed by atoms with E-state index in [9.17, 15) is 13.2 Å². The Kier molecular flexibility index (Phi) is 5.03. The lowest BCUT2D eigenvalue weighted by atomic mass is 9.99. The van der Waals surface area contributed by atoms with E-state index in [1.807, 2.05) is 20.8 Å². The highest BCUT2D eigenvalue weighted by molar-refractivity contribution is 6.04. The summed E-state index contributed by atoms with van der Waals surface area (Å²) in [6.45, 7) is 6.50. The van der Waals surface area contributed by atoms with Gasteiger partial charge in [-0.05, 0) is 29.7 Å². The fourth-order valence-electron chi connectivity index (χ4n) is 1.37. The Labute approximate surface area is 116 Å². The van der Waals surface area contributed by atoms with Crippen LogP contribution in [0.1, 0.15) is 26.3 Å². The molecule has 0 fully saturated rings. The van der Waals surface area contributed by atoms with E-state index >= 15 is 0 Å². The molecule has 0 aliphatic heterocycles. The van der Waals surface area contributed by atoms with Crippen molar-refractivity contribution in [2.75, 3.05) is 13.7 Å². The summed E-state index contributed by atoms with van der Waals surface area (Å²) in [6, 6.07) is 5.59. The van der Waals surface area contributed by atoms with Crippen LogP contribution in [0.3, 0.4) is 0 Å². The van der Waals surface area contributed by atoms with Crippen LogP contribution in [0.15, 0.2) is 29.4 Å². The lowest BCUT2D eigenvalue weighted by Crippen LogP contribution is -2.24. The zero-order valence-electron chi connectivity index (χ0n) is 11.9. The van der Waals surface area contributed by atoms with Gasteiger partial charge in [0, 0.05) is 5.56 Å². The maximum Gasteiger partial charge on any atom is 0.437 e. The molecule has 1 aromatic carbocycles. The van der Waals surface area contributed by atoms with Gasteiger partial charge in [0.1, 0.15) is 12.9 Å². The van der Waals surface area contributed by atoms with Crippen molar-refractivity contribution in [3.8, 4) is 5.75 Å². The molecule has 0 atom stereocenters. The second-order valence-electron chi connectivity index (χ2n) is 5.49. The zero-order chi connectivity index (χ0) is 15.4.